The molecule has 0 fully saturated rings. The van der Waals surface area contributed by atoms with Gasteiger partial charge in [0.2, 0.25) is 0 Å². The number of allylic oxidation sites excluding steroid dienone is 6. The van der Waals surface area contributed by atoms with Crippen LogP contribution in [-0.4, -0.2) is 13.1 Å². The van der Waals surface area contributed by atoms with E-state index in [9.17, 15) is 4.79 Å². The van der Waals surface area contributed by atoms with Gasteiger partial charge in [-0.15, -0.1) is 0 Å². The minimum Gasteiger partial charge on any atom is -0.469 e. The molecule has 0 aliphatic heterocycles. The van der Waals surface area contributed by atoms with Crippen molar-refractivity contribution >= 4 is 5.97 Å². The van der Waals surface area contributed by atoms with Crippen LogP contribution in [0.1, 0.15) is 25.7 Å². The third-order valence-electron chi connectivity index (χ3n) is 1.89. The van der Waals surface area contributed by atoms with Gasteiger partial charge in [-0.3, -0.25) is 4.79 Å². The summed E-state index contributed by atoms with van der Waals surface area (Å²) < 4.78 is 4.51. The Balaban J connectivity index is 3.41. The summed E-state index contributed by atoms with van der Waals surface area (Å²) >= 11 is 0. The highest BCUT2D eigenvalue weighted by Gasteiger charge is 1.92. The number of rotatable bonds is 8. The zero-order chi connectivity index (χ0) is 12.1. The lowest BCUT2D eigenvalue weighted by Crippen LogP contribution is -1.96. The van der Waals surface area contributed by atoms with E-state index in [1.54, 1.807) is 6.08 Å². The van der Waals surface area contributed by atoms with Gasteiger partial charge in [0, 0.05) is 0 Å². The molecular formula is C14H20O2. The quantitative estimate of drug-likeness (QED) is 0.270. The molecule has 0 unspecified atom stereocenters. The smallest absolute Gasteiger partial charge is 0.309 e. The van der Waals surface area contributed by atoms with Crippen LogP contribution >= 0.6 is 0 Å². The summed E-state index contributed by atoms with van der Waals surface area (Å²) in [6, 6.07) is 0. The predicted molar refractivity (Wildman–Crippen MR) is 68.1 cm³/mol. The van der Waals surface area contributed by atoms with E-state index in [1.165, 1.54) is 7.11 Å². The number of unbranched alkanes of at least 4 members (excludes halogenated alkanes) is 1. The number of hydrogen-bond acceptors (Lipinski definition) is 2. The van der Waals surface area contributed by atoms with Crippen molar-refractivity contribution in [3.05, 3.63) is 49.1 Å². The van der Waals surface area contributed by atoms with E-state index in [-0.39, 0.29) is 5.97 Å². The summed E-state index contributed by atoms with van der Waals surface area (Å²) in [6.45, 7) is 3.59. The molecule has 0 N–H and O–H groups in total. The fourth-order valence-electron chi connectivity index (χ4n) is 1.04. The Morgan fingerprint density at radius 1 is 1.12 bits per heavy atom. The molecule has 0 aromatic heterocycles. The average Bonchev–Trinajstić information content (AvgIpc) is 2.31. The van der Waals surface area contributed by atoms with Crippen LogP contribution in [0.25, 0.3) is 0 Å². The first-order valence-corrected chi connectivity index (χ1v) is 5.45. The molecule has 0 radical (unpaired) electrons. The number of methoxy groups -OCH3 is 1. The van der Waals surface area contributed by atoms with Crippen LogP contribution in [0, 0.1) is 0 Å². The first kappa shape index (κ1) is 14.4. The van der Waals surface area contributed by atoms with Crippen molar-refractivity contribution in [2.45, 2.75) is 25.7 Å². The lowest BCUT2D eigenvalue weighted by molar-refractivity contribution is -0.139. The highest BCUT2D eigenvalue weighted by Crippen LogP contribution is 1.97. The number of carbonyl (C=O) groups is 1. The second-order valence-electron chi connectivity index (χ2n) is 3.20. The second kappa shape index (κ2) is 11.5. The van der Waals surface area contributed by atoms with Crippen LogP contribution in [-0.2, 0) is 9.53 Å². The van der Waals surface area contributed by atoms with Crippen LogP contribution in [0.3, 0.4) is 0 Å². The fraction of sp³-hybridized carbons (Fsp3) is 0.357. The maximum Gasteiger partial charge on any atom is 0.309 e. The summed E-state index contributed by atoms with van der Waals surface area (Å²) in [6.07, 6.45) is 17.1. The van der Waals surface area contributed by atoms with Crippen LogP contribution in [0.2, 0.25) is 0 Å². The minimum absolute atomic E-state index is 0.193. The predicted octanol–water partition coefficient (Wildman–Crippen LogP) is 3.57. The maximum absolute atomic E-state index is 10.7. The van der Waals surface area contributed by atoms with E-state index in [0.29, 0.717) is 6.42 Å². The number of hydrogen-bond donors (Lipinski definition) is 0. The third-order valence-corrected chi connectivity index (χ3v) is 1.89. The summed E-state index contributed by atoms with van der Waals surface area (Å²) in [5.74, 6) is -0.193. The van der Waals surface area contributed by atoms with E-state index in [4.69, 9.17) is 0 Å². The molecule has 2 nitrogen and oxygen atoms in total. The Kier molecular flexibility index (Phi) is 10.4. The molecule has 2 heteroatoms. The molecule has 0 spiro atoms. The van der Waals surface area contributed by atoms with Crippen LogP contribution in [0.15, 0.2) is 49.1 Å². The van der Waals surface area contributed by atoms with Crippen molar-refractivity contribution in [1.82, 2.24) is 0 Å². The van der Waals surface area contributed by atoms with E-state index < -0.39 is 0 Å². The Morgan fingerprint density at radius 2 is 1.81 bits per heavy atom. The number of ether oxygens (including phenoxy) is 1. The Hall–Kier alpha value is -1.57. The summed E-state index contributed by atoms with van der Waals surface area (Å²) in [5.41, 5.74) is 0. The van der Waals surface area contributed by atoms with Gasteiger partial charge < -0.3 is 4.74 Å². The number of carbonyl (C=O) groups excluding carboxylic acids is 1. The Labute approximate surface area is 98.0 Å². The van der Waals surface area contributed by atoms with Gasteiger partial charge in [0.15, 0.2) is 0 Å². The lowest BCUT2D eigenvalue weighted by Gasteiger charge is -1.91. The van der Waals surface area contributed by atoms with Gasteiger partial charge in [0.1, 0.15) is 0 Å². The first-order chi connectivity index (χ1) is 7.81. The molecule has 0 saturated carbocycles. The van der Waals surface area contributed by atoms with Crippen molar-refractivity contribution in [2.24, 2.45) is 0 Å². The standard InChI is InChI=1S/C14H20O2/c1-3-4-5-6-7-8-9-10-11-12-13-14(15)16-2/h3-5,7-8,11-12H,1,6,9-10,13H2,2H3/b5-4+,8-7+,12-11-. The molecular weight excluding hydrogens is 200 g/mol. The zero-order valence-electron chi connectivity index (χ0n) is 9.89. The Morgan fingerprint density at radius 3 is 2.44 bits per heavy atom. The van der Waals surface area contributed by atoms with Gasteiger partial charge in [-0.05, 0) is 19.3 Å². The largest absolute Gasteiger partial charge is 0.469 e. The van der Waals surface area contributed by atoms with Gasteiger partial charge in [0.25, 0.3) is 0 Å². The van der Waals surface area contributed by atoms with Gasteiger partial charge >= 0.3 is 5.97 Å². The van der Waals surface area contributed by atoms with E-state index >= 15 is 0 Å². The lowest BCUT2D eigenvalue weighted by atomic mass is 10.2. The molecule has 16 heavy (non-hydrogen) atoms. The van der Waals surface area contributed by atoms with Gasteiger partial charge in [0.05, 0.1) is 13.5 Å². The van der Waals surface area contributed by atoms with Gasteiger partial charge in [-0.25, -0.2) is 0 Å². The third kappa shape index (κ3) is 10.5. The van der Waals surface area contributed by atoms with Crippen molar-refractivity contribution < 1.29 is 9.53 Å². The summed E-state index contributed by atoms with van der Waals surface area (Å²) in [5, 5.41) is 0. The van der Waals surface area contributed by atoms with E-state index in [1.807, 2.05) is 18.2 Å². The topological polar surface area (TPSA) is 26.3 Å². The molecule has 0 atom stereocenters. The fourth-order valence-corrected chi connectivity index (χ4v) is 1.04. The van der Waals surface area contributed by atoms with Crippen molar-refractivity contribution in [3.8, 4) is 0 Å². The van der Waals surface area contributed by atoms with Crippen LogP contribution < -0.4 is 0 Å². The van der Waals surface area contributed by atoms with Crippen LogP contribution in [0.5, 0.6) is 0 Å². The SMILES string of the molecule is C=C/C=C/C/C=C/CC/C=C\CC(=O)OC. The molecule has 0 aliphatic rings. The van der Waals surface area contributed by atoms with Crippen LogP contribution in [0.4, 0.5) is 0 Å². The molecule has 0 heterocycles. The van der Waals surface area contributed by atoms with E-state index in [0.717, 1.165) is 19.3 Å². The number of esters is 1. The molecule has 0 saturated heterocycles. The van der Waals surface area contributed by atoms with E-state index in [2.05, 4.69) is 29.5 Å². The first-order valence-electron chi connectivity index (χ1n) is 5.45. The second-order valence-corrected chi connectivity index (χ2v) is 3.20. The minimum atomic E-state index is -0.193. The van der Waals surface area contributed by atoms with Gasteiger partial charge in [-0.1, -0.05) is 49.1 Å². The molecule has 88 valence electrons. The van der Waals surface area contributed by atoms with Crippen molar-refractivity contribution in [2.75, 3.05) is 7.11 Å². The molecule has 0 aliphatic carbocycles. The molecule has 0 aromatic carbocycles. The van der Waals surface area contributed by atoms with Crippen molar-refractivity contribution in [3.63, 3.8) is 0 Å². The highest BCUT2D eigenvalue weighted by atomic mass is 16.5. The summed E-state index contributed by atoms with van der Waals surface area (Å²) in [7, 11) is 1.40. The maximum atomic E-state index is 10.7. The molecule has 0 aromatic rings. The molecule has 0 rings (SSSR count). The normalized spacial score (nSPS) is 11.6. The highest BCUT2D eigenvalue weighted by molar-refractivity contribution is 5.70. The monoisotopic (exact) mass is 220 g/mol. The molecule has 0 bridgehead atoms. The molecule has 0 amide bonds. The zero-order valence-corrected chi connectivity index (χ0v) is 9.89. The Bertz CT molecular complexity index is 272. The van der Waals surface area contributed by atoms with Crippen molar-refractivity contribution in [1.29, 1.82) is 0 Å². The average molecular weight is 220 g/mol. The van der Waals surface area contributed by atoms with Gasteiger partial charge in [-0.2, -0.15) is 0 Å². The summed E-state index contributed by atoms with van der Waals surface area (Å²) in [4.78, 5) is 10.7.